The van der Waals surface area contributed by atoms with Crippen LogP contribution in [0, 0.1) is 11.2 Å². The van der Waals surface area contributed by atoms with Crippen molar-refractivity contribution in [1.29, 1.82) is 0 Å². The number of fused-ring (bicyclic) bond motifs is 4. The number of Topliss-reactive ketones (excluding diaryl/α,β-unsaturated/α-hetero) is 1. The molecule has 0 spiro atoms. The summed E-state index contributed by atoms with van der Waals surface area (Å²) in [7, 11) is 0. The zero-order chi connectivity index (χ0) is 25.2. The van der Waals surface area contributed by atoms with E-state index in [2.05, 4.69) is 13.8 Å². The van der Waals surface area contributed by atoms with Crippen molar-refractivity contribution < 1.29 is 14.0 Å². The summed E-state index contributed by atoms with van der Waals surface area (Å²) in [5.74, 6) is -0.217. The summed E-state index contributed by atoms with van der Waals surface area (Å²) in [5.41, 5.74) is 3.71. The van der Waals surface area contributed by atoms with Gasteiger partial charge in [0, 0.05) is 50.5 Å². The molecule has 0 unspecified atom stereocenters. The largest absolute Gasteiger partial charge is 0.298 e. The molecule has 2 aliphatic heterocycles. The van der Waals surface area contributed by atoms with E-state index in [-0.39, 0.29) is 17.0 Å². The van der Waals surface area contributed by atoms with Crippen LogP contribution in [-0.4, -0.2) is 21.1 Å². The van der Waals surface area contributed by atoms with Crippen LogP contribution in [0.1, 0.15) is 52.2 Å². The number of benzene rings is 3. The highest BCUT2D eigenvalue weighted by atomic mass is 35.5. The lowest BCUT2D eigenvalue weighted by Crippen LogP contribution is -2.33. The number of halogens is 2. The standard InChI is InChI=1S/C30H22ClFN2O2/c1-30(2)15-23-26(24(35)16-30)27(28(36)17-7-11-19(32)12-8-17)25-21-5-3-4-6-22(21)33-29(25)34(23)20-13-9-18(31)10-14-20/h3-14H,15-16H2,1-2H3. The van der Waals surface area contributed by atoms with Crippen LogP contribution >= 0.6 is 11.6 Å². The van der Waals surface area contributed by atoms with Gasteiger partial charge in [-0.15, -0.1) is 0 Å². The average Bonchev–Trinajstić information content (AvgIpc) is 3.22. The molecule has 0 N–H and O–H groups in total. The Morgan fingerprint density at radius 3 is 2.36 bits per heavy atom. The molecular weight excluding hydrogens is 475 g/mol. The maximum atomic E-state index is 14.1. The first-order valence-electron chi connectivity index (χ1n) is 11.8. The molecule has 4 nitrogen and oxygen atoms in total. The monoisotopic (exact) mass is 496 g/mol. The van der Waals surface area contributed by atoms with Gasteiger partial charge in [-0.1, -0.05) is 43.6 Å². The van der Waals surface area contributed by atoms with E-state index in [0.717, 1.165) is 22.3 Å². The molecule has 0 aromatic heterocycles. The van der Waals surface area contributed by atoms with E-state index in [9.17, 15) is 14.0 Å². The van der Waals surface area contributed by atoms with Crippen molar-refractivity contribution in [2.24, 2.45) is 5.41 Å². The van der Waals surface area contributed by atoms with Crippen LogP contribution in [-0.2, 0) is 6.42 Å². The Morgan fingerprint density at radius 2 is 1.64 bits per heavy atom. The number of para-hydroxylation sites is 1. The lowest BCUT2D eigenvalue weighted by atomic mass is 9.72. The molecule has 0 saturated carbocycles. The predicted molar refractivity (Wildman–Crippen MR) is 139 cm³/mol. The van der Waals surface area contributed by atoms with Crippen molar-refractivity contribution >= 4 is 34.1 Å². The molecule has 0 bridgehead atoms. The molecule has 0 saturated heterocycles. The lowest BCUT2D eigenvalue weighted by Gasteiger charge is -2.35. The summed E-state index contributed by atoms with van der Waals surface area (Å²) in [4.78, 5) is 32.8. The molecule has 0 atom stereocenters. The second kappa shape index (κ2) is 8.10. The summed E-state index contributed by atoms with van der Waals surface area (Å²) >= 11 is 6.19. The van der Waals surface area contributed by atoms with E-state index in [1.165, 1.54) is 24.3 Å². The van der Waals surface area contributed by atoms with Gasteiger partial charge in [-0.25, -0.2) is 9.37 Å². The molecule has 36 heavy (non-hydrogen) atoms. The molecule has 3 aromatic rings. The molecule has 6 rings (SSSR count). The minimum atomic E-state index is -0.425. The molecule has 178 valence electrons. The van der Waals surface area contributed by atoms with Gasteiger partial charge in [0.05, 0.1) is 5.52 Å². The Balaban J connectivity index is 1.79. The fourth-order valence-electron chi connectivity index (χ4n) is 5.34. The zero-order valence-electron chi connectivity index (χ0n) is 19.8. The number of carbonyl (C=O) groups excluding carboxylic acids is 2. The van der Waals surface area contributed by atoms with E-state index in [4.69, 9.17) is 16.6 Å². The second-order valence-corrected chi connectivity index (χ2v) is 10.5. The van der Waals surface area contributed by atoms with Crippen LogP contribution in [0.3, 0.4) is 0 Å². The first kappa shape index (κ1) is 22.6. The summed E-state index contributed by atoms with van der Waals surface area (Å²) in [6.45, 7) is 4.11. The SMILES string of the molecule is CC1(C)CC(=O)c2c(C(=O)c3ccc(F)cc3)c3c4ccccc4nc-3n(-c3ccc(Cl)cc3)c2C1. The molecule has 2 heterocycles. The molecule has 6 heteroatoms. The Bertz CT molecular complexity index is 1650. The van der Waals surface area contributed by atoms with Crippen LogP contribution in [0.15, 0.2) is 72.8 Å². The van der Waals surface area contributed by atoms with Gasteiger partial charge in [0.25, 0.3) is 0 Å². The van der Waals surface area contributed by atoms with Crippen molar-refractivity contribution in [3.05, 3.63) is 106 Å². The van der Waals surface area contributed by atoms with E-state index in [1.807, 2.05) is 41.0 Å². The van der Waals surface area contributed by atoms with Crippen LogP contribution < -0.4 is 0 Å². The third kappa shape index (κ3) is 3.54. The highest BCUT2D eigenvalue weighted by Crippen LogP contribution is 2.45. The fraction of sp³-hybridized carbons (Fsp3) is 0.167. The number of rotatable bonds is 3. The van der Waals surface area contributed by atoms with Gasteiger partial charge in [-0.2, -0.15) is 0 Å². The normalized spacial score (nSPS) is 14.8. The number of carbonyl (C=O) groups is 2. The lowest BCUT2D eigenvalue weighted by molar-refractivity contribution is 0.0899. The van der Waals surface area contributed by atoms with Crippen molar-refractivity contribution in [1.82, 2.24) is 9.55 Å². The number of hydrogen-bond acceptors (Lipinski definition) is 3. The van der Waals surface area contributed by atoms with Gasteiger partial charge in [0.15, 0.2) is 11.6 Å². The van der Waals surface area contributed by atoms with Crippen LogP contribution in [0.25, 0.3) is 28.0 Å². The van der Waals surface area contributed by atoms with Crippen molar-refractivity contribution in [2.45, 2.75) is 26.7 Å². The third-order valence-corrected chi connectivity index (χ3v) is 7.13. The number of nitrogens with zero attached hydrogens (tertiary/aromatic N) is 2. The maximum absolute atomic E-state index is 14.1. The molecule has 0 fully saturated rings. The van der Waals surface area contributed by atoms with Gasteiger partial charge in [-0.3, -0.25) is 14.2 Å². The summed E-state index contributed by atoms with van der Waals surface area (Å²) in [6, 6.07) is 20.5. The Hall–Kier alpha value is -3.83. The Labute approximate surface area is 212 Å². The van der Waals surface area contributed by atoms with Crippen molar-refractivity contribution in [3.8, 4) is 17.1 Å². The van der Waals surface area contributed by atoms with Gasteiger partial charge in [-0.05, 0) is 66.4 Å². The number of aromatic nitrogens is 2. The minimum Gasteiger partial charge on any atom is -0.298 e. The fourth-order valence-corrected chi connectivity index (χ4v) is 5.46. The molecule has 1 aliphatic carbocycles. The first-order valence-corrected chi connectivity index (χ1v) is 12.2. The number of hydrogen-bond donors (Lipinski definition) is 0. The van der Waals surface area contributed by atoms with E-state index in [1.54, 1.807) is 12.1 Å². The highest BCUT2D eigenvalue weighted by molar-refractivity contribution is 6.30. The van der Waals surface area contributed by atoms with Gasteiger partial charge < -0.3 is 0 Å². The molecule has 0 amide bonds. The van der Waals surface area contributed by atoms with Gasteiger partial charge in [0.1, 0.15) is 11.6 Å². The predicted octanol–water partition coefficient (Wildman–Crippen LogP) is 7.31. The van der Waals surface area contributed by atoms with Crippen LogP contribution in [0.4, 0.5) is 4.39 Å². The quantitative estimate of drug-likeness (QED) is 0.246. The maximum Gasteiger partial charge on any atom is 0.194 e. The van der Waals surface area contributed by atoms with Crippen LogP contribution in [0.5, 0.6) is 0 Å². The van der Waals surface area contributed by atoms with Crippen molar-refractivity contribution in [3.63, 3.8) is 0 Å². The topological polar surface area (TPSA) is 52.0 Å². The molecule has 3 aromatic carbocycles. The van der Waals surface area contributed by atoms with E-state index >= 15 is 0 Å². The van der Waals surface area contributed by atoms with E-state index < -0.39 is 5.82 Å². The molecule has 3 aliphatic rings. The highest BCUT2D eigenvalue weighted by Gasteiger charge is 2.40. The summed E-state index contributed by atoms with van der Waals surface area (Å²) < 4.78 is 15.7. The summed E-state index contributed by atoms with van der Waals surface area (Å²) in [6.07, 6.45) is 0.904. The number of pyridine rings is 1. The molecule has 0 radical (unpaired) electrons. The van der Waals surface area contributed by atoms with Gasteiger partial charge in [0.2, 0.25) is 0 Å². The summed E-state index contributed by atoms with van der Waals surface area (Å²) in [5, 5.41) is 1.39. The Kier molecular flexibility index (Phi) is 5.09. The third-order valence-electron chi connectivity index (χ3n) is 6.88. The first-order chi connectivity index (χ1) is 17.2. The zero-order valence-corrected chi connectivity index (χ0v) is 20.6. The second-order valence-electron chi connectivity index (χ2n) is 10.1. The smallest absolute Gasteiger partial charge is 0.194 e. The number of ketones is 2. The van der Waals surface area contributed by atoms with Crippen molar-refractivity contribution in [2.75, 3.05) is 0 Å². The minimum absolute atomic E-state index is 0.0818. The molecular formula is C30H22ClFN2O2. The Morgan fingerprint density at radius 1 is 0.944 bits per heavy atom. The van der Waals surface area contributed by atoms with Crippen LogP contribution in [0.2, 0.25) is 5.02 Å². The average molecular weight is 497 g/mol. The van der Waals surface area contributed by atoms with Gasteiger partial charge >= 0.3 is 0 Å². The van der Waals surface area contributed by atoms with E-state index in [0.29, 0.717) is 45.9 Å².